The Kier molecular flexibility index (Phi) is 4.61. The normalized spacial score (nSPS) is 26.6. The van der Waals surface area contributed by atoms with E-state index >= 15 is 0 Å². The molecule has 1 aliphatic carbocycles. The van der Waals surface area contributed by atoms with Crippen LogP contribution >= 0.6 is 22.6 Å². The lowest BCUT2D eigenvalue weighted by molar-refractivity contribution is 0.0184. The van der Waals surface area contributed by atoms with E-state index in [1.54, 1.807) is 0 Å². The molecular formula is C15H20INO2. The minimum Gasteiger partial charge on any atom is -0.491 e. The summed E-state index contributed by atoms with van der Waals surface area (Å²) in [6.07, 6.45) is 5.58. The van der Waals surface area contributed by atoms with Gasteiger partial charge in [-0.05, 0) is 66.5 Å². The zero-order chi connectivity index (χ0) is 13.1. The SMILES string of the molecule is Ic1cccc(OCC2CCC(CNC3CC3)O2)c1. The van der Waals surface area contributed by atoms with Gasteiger partial charge in [-0.2, -0.15) is 0 Å². The third-order valence-corrected chi connectivity index (χ3v) is 4.31. The van der Waals surface area contributed by atoms with E-state index in [4.69, 9.17) is 9.47 Å². The number of rotatable bonds is 6. The zero-order valence-corrected chi connectivity index (χ0v) is 13.1. The van der Waals surface area contributed by atoms with Crippen molar-refractivity contribution in [2.24, 2.45) is 0 Å². The van der Waals surface area contributed by atoms with Crippen molar-refractivity contribution < 1.29 is 9.47 Å². The van der Waals surface area contributed by atoms with Crippen molar-refractivity contribution in [1.82, 2.24) is 5.32 Å². The molecule has 19 heavy (non-hydrogen) atoms. The van der Waals surface area contributed by atoms with Crippen LogP contribution in [0.3, 0.4) is 0 Å². The zero-order valence-electron chi connectivity index (χ0n) is 11.0. The number of halogens is 1. The van der Waals surface area contributed by atoms with Crippen molar-refractivity contribution in [3.63, 3.8) is 0 Å². The molecule has 1 saturated carbocycles. The van der Waals surface area contributed by atoms with Crippen LogP contribution in [0.1, 0.15) is 25.7 Å². The second-order valence-electron chi connectivity index (χ2n) is 5.41. The highest BCUT2D eigenvalue weighted by molar-refractivity contribution is 14.1. The fourth-order valence-electron chi connectivity index (χ4n) is 2.38. The van der Waals surface area contributed by atoms with Crippen LogP contribution < -0.4 is 10.1 Å². The minimum absolute atomic E-state index is 0.254. The van der Waals surface area contributed by atoms with E-state index in [-0.39, 0.29) is 6.10 Å². The van der Waals surface area contributed by atoms with Gasteiger partial charge in [-0.3, -0.25) is 0 Å². The molecule has 0 radical (unpaired) electrons. The van der Waals surface area contributed by atoms with Gasteiger partial charge in [0.1, 0.15) is 12.4 Å². The predicted octanol–water partition coefficient (Wildman–Crippen LogP) is 2.97. The average Bonchev–Trinajstić information content (AvgIpc) is 3.13. The number of hydrogen-bond donors (Lipinski definition) is 1. The third kappa shape index (κ3) is 4.33. The lowest BCUT2D eigenvalue weighted by atomic mass is 10.2. The maximum Gasteiger partial charge on any atom is 0.120 e. The molecule has 3 rings (SSSR count). The van der Waals surface area contributed by atoms with Crippen LogP contribution in [0.4, 0.5) is 0 Å². The highest BCUT2D eigenvalue weighted by atomic mass is 127. The van der Waals surface area contributed by atoms with E-state index in [1.165, 1.54) is 16.4 Å². The van der Waals surface area contributed by atoms with Gasteiger partial charge < -0.3 is 14.8 Å². The van der Waals surface area contributed by atoms with Crippen molar-refractivity contribution in [3.8, 4) is 5.75 Å². The van der Waals surface area contributed by atoms with Gasteiger partial charge in [0.2, 0.25) is 0 Å². The fourth-order valence-corrected chi connectivity index (χ4v) is 2.90. The Morgan fingerprint density at radius 2 is 2.05 bits per heavy atom. The molecule has 2 fully saturated rings. The summed E-state index contributed by atoms with van der Waals surface area (Å²) in [7, 11) is 0. The second kappa shape index (κ2) is 6.41. The van der Waals surface area contributed by atoms with Crippen molar-refractivity contribution in [1.29, 1.82) is 0 Å². The topological polar surface area (TPSA) is 30.5 Å². The maximum absolute atomic E-state index is 6.00. The minimum atomic E-state index is 0.254. The molecule has 104 valence electrons. The van der Waals surface area contributed by atoms with Gasteiger partial charge in [0.05, 0.1) is 12.2 Å². The Labute approximate surface area is 128 Å². The van der Waals surface area contributed by atoms with Gasteiger partial charge in [0.15, 0.2) is 0 Å². The predicted molar refractivity (Wildman–Crippen MR) is 83.6 cm³/mol. The standard InChI is InChI=1S/C15H20INO2/c16-11-2-1-3-13(8-11)18-10-15-7-6-14(19-15)9-17-12-4-5-12/h1-3,8,12,14-15,17H,4-7,9-10H2. The van der Waals surface area contributed by atoms with Gasteiger partial charge in [-0.15, -0.1) is 0 Å². The second-order valence-corrected chi connectivity index (χ2v) is 6.65. The molecule has 2 aliphatic rings. The van der Waals surface area contributed by atoms with Gasteiger partial charge in [0, 0.05) is 16.2 Å². The first kappa shape index (κ1) is 13.6. The van der Waals surface area contributed by atoms with Crippen molar-refractivity contribution >= 4 is 22.6 Å². The Morgan fingerprint density at radius 1 is 1.21 bits per heavy atom. The van der Waals surface area contributed by atoms with E-state index in [9.17, 15) is 0 Å². The molecular weight excluding hydrogens is 353 g/mol. The highest BCUT2D eigenvalue weighted by Crippen LogP contribution is 2.23. The fraction of sp³-hybridized carbons (Fsp3) is 0.600. The van der Waals surface area contributed by atoms with Crippen LogP contribution in [0.15, 0.2) is 24.3 Å². The lowest BCUT2D eigenvalue weighted by Gasteiger charge is -2.15. The van der Waals surface area contributed by atoms with E-state index in [0.717, 1.165) is 31.2 Å². The first-order valence-corrected chi connectivity index (χ1v) is 8.15. The molecule has 1 heterocycles. The summed E-state index contributed by atoms with van der Waals surface area (Å²) in [4.78, 5) is 0. The lowest BCUT2D eigenvalue weighted by Crippen LogP contribution is -2.29. The smallest absolute Gasteiger partial charge is 0.120 e. The molecule has 0 amide bonds. The first-order valence-electron chi connectivity index (χ1n) is 7.07. The highest BCUT2D eigenvalue weighted by Gasteiger charge is 2.28. The Morgan fingerprint density at radius 3 is 2.84 bits per heavy atom. The summed E-state index contributed by atoms with van der Waals surface area (Å²) in [5, 5.41) is 3.53. The van der Waals surface area contributed by atoms with E-state index < -0.39 is 0 Å². The van der Waals surface area contributed by atoms with Crippen LogP contribution in [0.25, 0.3) is 0 Å². The van der Waals surface area contributed by atoms with Gasteiger partial charge in [-0.1, -0.05) is 6.07 Å². The van der Waals surface area contributed by atoms with E-state index in [0.29, 0.717) is 12.7 Å². The molecule has 1 N–H and O–H groups in total. The van der Waals surface area contributed by atoms with E-state index in [2.05, 4.69) is 40.0 Å². The summed E-state index contributed by atoms with van der Waals surface area (Å²) in [5.41, 5.74) is 0. The Balaban J connectivity index is 1.38. The Hall–Kier alpha value is -0.330. The molecule has 1 aromatic carbocycles. The molecule has 4 heteroatoms. The third-order valence-electron chi connectivity index (χ3n) is 3.64. The largest absolute Gasteiger partial charge is 0.491 e. The summed E-state index contributed by atoms with van der Waals surface area (Å²) in [6, 6.07) is 8.92. The quantitative estimate of drug-likeness (QED) is 0.778. The number of ether oxygens (including phenoxy) is 2. The maximum atomic E-state index is 6.00. The van der Waals surface area contributed by atoms with Gasteiger partial charge >= 0.3 is 0 Å². The summed E-state index contributed by atoms with van der Waals surface area (Å²) >= 11 is 2.30. The van der Waals surface area contributed by atoms with Crippen molar-refractivity contribution in [2.45, 2.75) is 43.9 Å². The summed E-state index contributed by atoms with van der Waals surface area (Å²) in [5.74, 6) is 0.940. The number of benzene rings is 1. The monoisotopic (exact) mass is 373 g/mol. The molecule has 2 atom stereocenters. The molecule has 0 bridgehead atoms. The number of nitrogens with one attached hydrogen (secondary N) is 1. The molecule has 1 aliphatic heterocycles. The van der Waals surface area contributed by atoms with Crippen LogP contribution in [-0.4, -0.2) is 31.4 Å². The first-order chi connectivity index (χ1) is 9.29. The molecule has 0 aromatic heterocycles. The van der Waals surface area contributed by atoms with Crippen molar-refractivity contribution in [3.05, 3.63) is 27.8 Å². The Bertz CT molecular complexity index is 422. The molecule has 0 spiro atoms. The molecule has 2 unspecified atom stereocenters. The molecule has 1 saturated heterocycles. The van der Waals surface area contributed by atoms with Crippen molar-refractivity contribution in [2.75, 3.05) is 13.2 Å². The molecule has 1 aromatic rings. The van der Waals surface area contributed by atoms with Gasteiger partial charge in [0.25, 0.3) is 0 Å². The van der Waals surface area contributed by atoms with Crippen LogP contribution in [0.2, 0.25) is 0 Å². The van der Waals surface area contributed by atoms with Crippen LogP contribution in [0, 0.1) is 3.57 Å². The summed E-state index contributed by atoms with van der Waals surface area (Å²) in [6.45, 7) is 1.67. The molecule has 3 nitrogen and oxygen atoms in total. The average molecular weight is 373 g/mol. The summed E-state index contributed by atoms with van der Waals surface area (Å²) < 4.78 is 13.0. The van der Waals surface area contributed by atoms with Crippen LogP contribution in [-0.2, 0) is 4.74 Å². The van der Waals surface area contributed by atoms with Crippen LogP contribution in [0.5, 0.6) is 5.75 Å². The van der Waals surface area contributed by atoms with E-state index in [1.807, 2.05) is 12.1 Å². The van der Waals surface area contributed by atoms with Gasteiger partial charge in [-0.25, -0.2) is 0 Å². The number of hydrogen-bond acceptors (Lipinski definition) is 3.